The van der Waals surface area contributed by atoms with Gasteiger partial charge in [-0.2, -0.15) is 0 Å². The Morgan fingerprint density at radius 2 is 2.00 bits per heavy atom. The zero-order valence-corrected chi connectivity index (χ0v) is 18.3. The third kappa shape index (κ3) is 4.40. The number of halogens is 2. The van der Waals surface area contributed by atoms with Crippen LogP contribution in [0.1, 0.15) is 12.0 Å². The first-order valence-corrected chi connectivity index (χ1v) is 10.6. The van der Waals surface area contributed by atoms with Crippen molar-refractivity contribution in [2.75, 3.05) is 25.5 Å². The summed E-state index contributed by atoms with van der Waals surface area (Å²) >= 11 is 6.05. The van der Waals surface area contributed by atoms with Crippen LogP contribution in [-0.2, 0) is 16.0 Å². The van der Waals surface area contributed by atoms with Gasteiger partial charge in [-0.3, -0.25) is 9.78 Å². The van der Waals surface area contributed by atoms with Gasteiger partial charge in [-0.05, 0) is 48.4 Å². The fourth-order valence-electron chi connectivity index (χ4n) is 3.94. The first kappa shape index (κ1) is 22.0. The molecule has 1 amide bonds. The van der Waals surface area contributed by atoms with Crippen molar-refractivity contribution >= 4 is 34.1 Å². The minimum atomic E-state index is -1.62. The minimum Gasteiger partial charge on any atom is -0.496 e. The predicted octanol–water partition coefficient (Wildman–Crippen LogP) is 4.13. The molecule has 0 bridgehead atoms. The number of ether oxygens (including phenoxy) is 1. The molecule has 6 nitrogen and oxygen atoms in total. The average Bonchev–Trinajstić information content (AvgIpc) is 3.01. The Labute approximate surface area is 190 Å². The molecule has 8 heteroatoms. The number of carbonyl (C=O) groups is 1. The van der Waals surface area contributed by atoms with Crippen LogP contribution >= 0.6 is 11.6 Å². The molecule has 3 aromatic rings. The summed E-state index contributed by atoms with van der Waals surface area (Å²) in [5.74, 6) is -0.508. The second-order valence-electron chi connectivity index (χ2n) is 7.62. The lowest BCUT2D eigenvalue weighted by Gasteiger charge is -2.35. The number of pyridine rings is 1. The maximum absolute atomic E-state index is 13.3. The Kier molecular flexibility index (Phi) is 6.30. The molecule has 0 aliphatic carbocycles. The smallest absolute Gasteiger partial charge is 0.252 e. The SMILES string of the molecule is COC1=CC(=O)N(CCCNc2ccnc3cc(Cl)ccc23)C1(O)Cc1ccc(F)cc1. The lowest BCUT2D eigenvalue weighted by atomic mass is 10.0. The summed E-state index contributed by atoms with van der Waals surface area (Å²) in [6.07, 6.45) is 3.69. The summed E-state index contributed by atoms with van der Waals surface area (Å²) in [4.78, 5) is 18.3. The molecule has 4 rings (SSSR count). The Morgan fingerprint density at radius 3 is 2.75 bits per heavy atom. The molecule has 1 aliphatic rings. The van der Waals surface area contributed by atoms with E-state index in [4.69, 9.17) is 16.3 Å². The van der Waals surface area contributed by atoms with Gasteiger partial charge in [0.2, 0.25) is 5.72 Å². The first-order chi connectivity index (χ1) is 15.4. The maximum atomic E-state index is 13.3. The molecule has 2 aromatic carbocycles. The van der Waals surface area contributed by atoms with Gasteiger partial charge in [0, 0.05) is 47.9 Å². The number of hydrogen-bond donors (Lipinski definition) is 2. The lowest BCUT2D eigenvalue weighted by Crippen LogP contribution is -2.51. The number of aromatic nitrogens is 1. The highest BCUT2D eigenvalue weighted by Gasteiger charge is 2.47. The van der Waals surface area contributed by atoms with Gasteiger partial charge in [0.1, 0.15) is 5.82 Å². The summed E-state index contributed by atoms with van der Waals surface area (Å²) < 4.78 is 18.6. The predicted molar refractivity (Wildman–Crippen MR) is 122 cm³/mol. The summed E-state index contributed by atoms with van der Waals surface area (Å²) in [6.45, 7) is 0.877. The normalized spacial score (nSPS) is 18.2. The number of hydrogen-bond acceptors (Lipinski definition) is 5. The molecule has 0 fully saturated rings. The molecule has 1 unspecified atom stereocenters. The molecule has 32 heavy (non-hydrogen) atoms. The topological polar surface area (TPSA) is 74.7 Å². The van der Waals surface area contributed by atoms with E-state index in [1.54, 1.807) is 24.4 Å². The van der Waals surface area contributed by atoms with E-state index in [1.165, 1.54) is 30.2 Å². The van der Waals surface area contributed by atoms with Crippen molar-refractivity contribution in [3.8, 4) is 0 Å². The van der Waals surface area contributed by atoms with Crippen molar-refractivity contribution in [3.05, 3.63) is 83.0 Å². The number of fused-ring (bicyclic) bond motifs is 1. The number of aliphatic hydroxyl groups is 1. The number of methoxy groups -OCH3 is 1. The van der Waals surface area contributed by atoms with E-state index in [0.717, 1.165) is 16.6 Å². The van der Waals surface area contributed by atoms with Gasteiger partial charge >= 0.3 is 0 Å². The molecule has 0 radical (unpaired) electrons. The standard InChI is InChI=1S/C24H23ClFN3O3/c1-32-22-14-23(30)29(24(22,31)15-16-3-6-18(26)7-4-16)12-2-10-27-20-9-11-28-21-13-17(25)5-8-19(20)21/h3-9,11,13-14,31H,2,10,12,15H2,1H3,(H,27,28). The van der Waals surface area contributed by atoms with Crippen LogP contribution in [0.4, 0.5) is 10.1 Å². The monoisotopic (exact) mass is 455 g/mol. The Morgan fingerprint density at radius 1 is 1.22 bits per heavy atom. The van der Waals surface area contributed by atoms with Crippen LogP contribution in [0.3, 0.4) is 0 Å². The van der Waals surface area contributed by atoms with Gasteiger partial charge in [0.15, 0.2) is 5.76 Å². The van der Waals surface area contributed by atoms with Crippen LogP contribution < -0.4 is 5.32 Å². The Hall–Kier alpha value is -3.16. The van der Waals surface area contributed by atoms with Crippen LogP contribution in [0.15, 0.2) is 66.6 Å². The third-order valence-electron chi connectivity index (χ3n) is 5.52. The quantitative estimate of drug-likeness (QED) is 0.499. The third-order valence-corrected chi connectivity index (χ3v) is 5.76. The number of carbonyl (C=O) groups excluding carboxylic acids is 1. The molecular weight excluding hydrogens is 433 g/mol. The number of rotatable bonds is 8. The molecule has 2 heterocycles. The molecular formula is C24H23ClFN3O3. The van der Waals surface area contributed by atoms with Crippen molar-refractivity contribution in [2.24, 2.45) is 0 Å². The van der Waals surface area contributed by atoms with Gasteiger partial charge in [-0.25, -0.2) is 4.39 Å². The van der Waals surface area contributed by atoms with Gasteiger partial charge in [0.05, 0.1) is 12.6 Å². The van der Waals surface area contributed by atoms with Crippen molar-refractivity contribution in [2.45, 2.75) is 18.6 Å². The van der Waals surface area contributed by atoms with E-state index in [1.807, 2.05) is 18.2 Å². The lowest BCUT2D eigenvalue weighted by molar-refractivity contribution is -0.146. The Bertz CT molecular complexity index is 1170. The van der Waals surface area contributed by atoms with Crippen molar-refractivity contribution < 1.29 is 19.0 Å². The number of anilines is 1. The van der Waals surface area contributed by atoms with Crippen LogP contribution in [0.25, 0.3) is 10.9 Å². The van der Waals surface area contributed by atoms with Gasteiger partial charge in [-0.1, -0.05) is 23.7 Å². The minimum absolute atomic E-state index is 0.0991. The van der Waals surface area contributed by atoms with E-state index in [9.17, 15) is 14.3 Å². The summed E-state index contributed by atoms with van der Waals surface area (Å²) in [7, 11) is 1.42. The molecule has 1 aliphatic heterocycles. The van der Waals surface area contributed by atoms with Gasteiger partial charge in [-0.15, -0.1) is 0 Å². The zero-order valence-electron chi connectivity index (χ0n) is 17.5. The second kappa shape index (κ2) is 9.14. The number of amides is 1. The molecule has 166 valence electrons. The Balaban J connectivity index is 1.43. The van der Waals surface area contributed by atoms with Crippen LogP contribution in [0.2, 0.25) is 5.02 Å². The highest BCUT2D eigenvalue weighted by atomic mass is 35.5. The molecule has 1 aromatic heterocycles. The average molecular weight is 456 g/mol. The van der Waals surface area contributed by atoms with Crippen molar-refractivity contribution in [1.29, 1.82) is 0 Å². The summed E-state index contributed by atoms with van der Waals surface area (Å²) in [5.41, 5.74) is 0.775. The molecule has 1 atom stereocenters. The molecule has 2 N–H and O–H groups in total. The molecule has 0 saturated carbocycles. The number of nitrogens with one attached hydrogen (secondary N) is 1. The van der Waals surface area contributed by atoms with Crippen LogP contribution in [-0.4, -0.2) is 46.8 Å². The van der Waals surface area contributed by atoms with E-state index < -0.39 is 5.72 Å². The van der Waals surface area contributed by atoms with Crippen LogP contribution in [0, 0.1) is 5.82 Å². The fraction of sp³-hybridized carbons (Fsp3) is 0.250. The van der Waals surface area contributed by atoms with E-state index in [2.05, 4.69) is 10.3 Å². The summed E-state index contributed by atoms with van der Waals surface area (Å²) in [6, 6.07) is 13.2. The largest absolute Gasteiger partial charge is 0.496 e. The van der Waals surface area contributed by atoms with E-state index in [-0.39, 0.29) is 23.9 Å². The highest BCUT2D eigenvalue weighted by Crippen LogP contribution is 2.33. The highest BCUT2D eigenvalue weighted by molar-refractivity contribution is 6.31. The second-order valence-corrected chi connectivity index (χ2v) is 8.06. The van der Waals surface area contributed by atoms with E-state index in [0.29, 0.717) is 30.1 Å². The molecule has 0 saturated heterocycles. The zero-order chi connectivity index (χ0) is 22.7. The van der Waals surface area contributed by atoms with Gasteiger partial charge < -0.3 is 20.1 Å². The fourth-order valence-corrected chi connectivity index (χ4v) is 4.11. The van der Waals surface area contributed by atoms with Gasteiger partial charge in [0.25, 0.3) is 5.91 Å². The molecule has 0 spiro atoms. The maximum Gasteiger partial charge on any atom is 0.252 e. The van der Waals surface area contributed by atoms with E-state index >= 15 is 0 Å². The number of benzene rings is 2. The summed E-state index contributed by atoms with van der Waals surface area (Å²) in [5, 5.41) is 16.3. The van der Waals surface area contributed by atoms with Crippen LogP contribution in [0.5, 0.6) is 0 Å². The van der Waals surface area contributed by atoms with Crippen molar-refractivity contribution in [3.63, 3.8) is 0 Å². The van der Waals surface area contributed by atoms with Crippen molar-refractivity contribution in [1.82, 2.24) is 9.88 Å². The first-order valence-electron chi connectivity index (χ1n) is 10.2. The number of nitrogens with zero attached hydrogens (tertiary/aromatic N) is 2.